The zero-order chi connectivity index (χ0) is 16.3. The van der Waals surface area contributed by atoms with Gasteiger partial charge in [0.05, 0.1) is 11.6 Å². The molecule has 0 spiro atoms. The Morgan fingerprint density at radius 2 is 1.95 bits per heavy atom. The van der Waals surface area contributed by atoms with Gasteiger partial charge in [-0.1, -0.05) is 6.07 Å². The van der Waals surface area contributed by atoms with Crippen LogP contribution < -0.4 is 0 Å². The van der Waals surface area contributed by atoms with Gasteiger partial charge in [-0.3, -0.25) is 0 Å². The lowest BCUT2D eigenvalue weighted by atomic mass is 9.86. The molecule has 0 saturated carbocycles. The second kappa shape index (κ2) is 6.39. The molecule has 1 heterocycles. The molecule has 0 unspecified atom stereocenters. The lowest BCUT2D eigenvalue weighted by Crippen LogP contribution is -2.41. The number of benzene rings is 1. The largest absolute Gasteiger partial charge is 0.444 e. The van der Waals surface area contributed by atoms with E-state index < -0.39 is 5.60 Å². The molecule has 0 aliphatic carbocycles. The summed E-state index contributed by atoms with van der Waals surface area (Å²) in [6, 6.07) is 8.05. The Kier molecular flexibility index (Phi) is 4.75. The first-order valence-corrected chi connectivity index (χ1v) is 7.79. The van der Waals surface area contributed by atoms with Gasteiger partial charge in [-0.25, -0.2) is 4.79 Å². The van der Waals surface area contributed by atoms with E-state index in [1.807, 2.05) is 32.9 Å². The second-order valence-corrected chi connectivity index (χ2v) is 6.92. The number of hydrogen-bond donors (Lipinski definition) is 0. The molecule has 0 aromatic heterocycles. The number of likely N-dealkylation sites (tertiary alicyclic amines) is 1. The summed E-state index contributed by atoms with van der Waals surface area (Å²) in [5.74, 6) is 0.450. The average Bonchev–Trinajstić information content (AvgIpc) is 2.45. The van der Waals surface area contributed by atoms with E-state index in [2.05, 4.69) is 19.1 Å². The first-order chi connectivity index (χ1) is 10.3. The van der Waals surface area contributed by atoms with Crippen molar-refractivity contribution in [2.75, 3.05) is 13.1 Å². The molecule has 0 radical (unpaired) electrons. The Morgan fingerprint density at radius 1 is 1.32 bits per heavy atom. The van der Waals surface area contributed by atoms with Crippen LogP contribution in [0.4, 0.5) is 4.79 Å². The quantitative estimate of drug-likeness (QED) is 0.788. The third-order valence-corrected chi connectivity index (χ3v) is 3.99. The Bertz CT molecular complexity index is 588. The number of hydrogen-bond acceptors (Lipinski definition) is 3. The van der Waals surface area contributed by atoms with Gasteiger partial charge in [-0.15, -0.1) is 0 Å². The minimum Gasteiger partial charge on any atom is -0.444 e. The molecule has 1 fully saturated rings. The topological polar surface area (TPSA) is 53.3 Å². The maximum absolute atomic E-state index is 12.1. The van der Waals surface area contributed by atoms with E-state index in [4.69, 9.17) is 10.00 Å². The van der Waals surface area contributed by atoms with E-state index >= 15 is 0 Å². The van der Waals surface area contributed by atoms with Crippen LogP contribution in [0.1, 0.15) is 56.2 Å². The van der Waals surface area contributed by atoms with Crippen molar-refractivity contribution in [2.24, 2.45) is 0 Å². The molecule has 0 atom stereocenters. The fourth-order valence-electron chi connectivity index (χ4n) is 2.90. The minimum absolute atomic E-state index is 0.220. The molecule has 4 nitrogen and oxygen atoms in total. The smallest absolute Gasteiger partial charge is 0.410 e. The van der Waals surface area contributed by atoms with Gasteiger partial charge in [0.25, 0.3) is 0 Å². The van der Waals surface area contributed by atoms with E-state index in [0.717, 1.165) is 31.5 Å². The van der Waals surface area contributed by atoms with Gasteiger partial charge in [0.1, 0.15) is 5.60 Å². The maximum atomic E-state index is 12.1. The van der Waals surface area contributed by atoms with Crippen molar-refractivity contribution in [3.05, 3.63) is 34.9 Å². The van der Waals surface area contributed by atoms with E-state index in [9.17, 15) is 4.79 Å². The molecule has 0 N–H and O–H groups in total. The molecule has 1 amide bonds. The van der Waals surface area contributed by atoms with Gasteiger partial charge >= 0.3 is 6.09 Å². The van der Waals surface area contributed by atoms with Crippen LogP contribution in [0.2, 0.25) is 0 Å². The molecule has 1 aromatic rings. The number of rotatable bonds is 1. The van der Waals surface area contributed by atoms with E-state index in [-0.39, 0.29) is 6.09 Å². The first-order valence-electron chi connectivity index (χ1n) is 7.79. The summed E-state index contributed by atoms with van der Waals surface area (Å²) in [6.45, 7) is 9.15. The minimum atomic E-state index is -0.447. The number of ether oxygens (including phenoxy) is 1. The number of piperidine rings is 1. The van der Waals surface area contributed by atoms with Crippen molar-refractivity contribution < 1.29 is 9.53 Å². The molecule has 4 heteroatoms. The van der Waals surface area contributed by atoms with Gasteiger partial charge in [0.15, 0.2) is 0 Å². The summed E-state index contributed by atoms with van der Waals surface area (Å²) in [6.07, 6.45) is 1.65. The molecule has 118 valence electrons. The van der Waals surface area contributed by atoms with Crippen molar-refractivity contribution in [1.82, 2.24) is 4.90 Å². The normalized spacial score (nSPS) is 16.2. The van der Waals surface area contributed by atoms with Crippen molar-refractivity contribution >= 4 is 6.09 Å². The van der Waals surface area contributed by atoms with Crippen LogP contribution in [0.5, 0.6) is 0 Å². The molecule has 22 heavy (non-hydrogen) atoms. The molecular formula is C18H24N2O2. The summed E-state index contributed by atoms with van der Waals surface area (Å²) in [5, 5.41) is 8.94. The Morgan fingerprint density at radius 3 is 2.45 bits per heavy atom. The first kappa shape index (κ1) is 16.4. The summed E-state index contributed by atoms with van der Waals surface area (Å²) in [4.78, 5) is 13.9. The number of carbonyl (C=O) groups excluding carboxylic acids is 1. The lowest BCUT2D eigenvalue weighted by molar-refractivity contribution is 0.0205. The summed E-state index contributed by atoms with van der Waals surface area (Å²) in [7, 11) is 0. The van der Waals surface area contributed by atoms with Crippen LogP contribution in [0, 0.1) is 18.3 Å². The summed E-state index contributed by atoms with van der Waals surface area (Å²) >= 11 is 0. The average molecular weight is 300 g/mol. The monoisotopic (exact) mass is 300 g/mol. The van der Waals surface area contributed by atoms with E-state index in [0.29, 0.717) is 11.5 Å². The molecule has 1 aliphatic heterocycles. The van der Waals surface area contributed by atoms with Crippen molar-refractivity contribution in [2.45, 2.75) is 52.1 Å². The second-order valence-electron chi connectivity index (χ2n) is 6.92. The molecule has 0 bridgehead atoms. The molecule has 1 aromatic carbocycles. The highest BCUT2D eigenvalue weighted by atomic mass is 16.6. The lowest BCUT2D eigenvalue weighted by Gasteiger charge is -2.34. The number of amides is 1. The predicted molar refractivity (Wildman–Crippen MR) is 85.7 cm³/mol. The van der Waals surface area contributed by atoms with E-state index in [1.165, 1.54) is 5.56 Å². The van der Waals surface area contributed by atoms with Gasteiger partial charge in [-0.05, 0) is 69.7 Å². The van der Waals surface area contributed by atoms with Gasteiger partial charge in [0, 0.05) is 13.1 Å². The third kappa shape index (κ3) is 4.00. The highest BCUT2D eigenvalue weighted by molar-refractivity contribution is 5.68. The third-order valence-electron chi connectivity index (χ3n) is 3.99. The summed E-state index contributed by atoms with van der Waals surface area (Å²) < 4.78 is 5.42. The summed E-state index contributed by atoms with van der Waals surface area (Å²) in [5.41, 5.74) is 2.71. The zero-order valence-electron chi connectivity index (χ0n) is 13.8. The fraction of sp³-hybridized carbons (Fsp3) is 0.556. The number of nitriles is 1. The maximum Gasteiger partial charge on any atom is 0.410 e. The van der Waals surface area contributed by atoms with Crippen LogP contribution in [0.3, 0.4) is 0 Å². The van der Waals surface area contributed by atoms with Gasteiger partial charge < -0.3 is 9.64 Å². The van der Waals surface area contributed by atoms with Crippen LogP contribution in [0.15, 0.2) is 18.2 Å². The van der Waals surface area contributed by atoms with Crippen LogP contribution in [-0.4, -0.2) is 29.7 Å². The van der Waals surface area contributed by atoms with Crippen molar-refractivity contribution in [3.8, 4) is 6.07 Å². The molecular weight excluding hydrogens is 276 g/mol. The fourth-order valence-corrected chi connectivity index (χ4v) is 2.90. The number of carbonyl (C=O) groups is 1. The highest BCUT2D eigenvalue weighted by Gasteiger charge is 2.27. The standard InChI is InChI=1S/C18H24N2O2/c1-13-11-14(12-19)5-6-16(13)15-7-9-20(10-8-15)17(21)22-18(2,3)4/h5-6,11,15H,7-10H2,1-4H3. The zero-order valence-corrected chi connectivity index (χ0v) is 13.8. The SMILES string of the molecule is Cc1cc(C#N)ccc1C1CCN(C(=O)OC(C)(C)C)CC1. The Balaban J connectivity index is 1.98. The Hall–Kier alpha value is -2.02. The van der Waals surface area contributed by atoms with Gasteiger partial charge in [0.2, 0.25) is 0 Å². The van der Waals surface area contributed by atoms with Crippen LogP contribution >= 0.6 is 0 Å². The molecule has 1 aliphatic rings. The number of aryl methyl sites for hydroxylation is 1. The predicted octanol–water partition coefficient (Wildman–Crippen LogP) is 3.98. The van der Waals surface area contributed by atoms with E-state index in [1.54, 1.807) is 4.90 Å². The number of nitrogens with zero attached hydrogens (tertiary/aromatic N) is 2. The molecule has 2 rings (SSSR count). The van der Waals surface area contributed by atoms with Crippen molar-refractivity contribution in [3.63, 3.8) is 0 Å². The van der Waals surface area contributed by atoms with Gasteiger partial charge in [-0.2, -0.15) is 5.26 Å². The molecule has 1 saturated heterocycles. The Labute approximate surface area is 132 Å². The van der Waals surface area contributed by atoms with Crippen LogP contribution in [0.25, 0.3) is 0 Å². The highest BCUT2D eigenvalue weighted by Crippen LogP contribution is 2.31. The van der Waals surface area contributed by atoms with Crippen molar-refractivity contribution in [1.29, 1.82) is 5.26 Å². The van der Waals surface area contributed by atoms with Crippen LogP contribution in [-0.2, 0) is 4.74 Å².